The van der Waals surface area contributed by atoms with Crippen LogP contribution in [-0.4, -0.2) is 35.0 Å². The molecule has 2 unspecified atom stereocenters. The van der Waals surface area contributed by atoms with Gasteiger partial charge in [0.2, 0.25) is 0 Å². The van der Waals surface area contributed by atoms with Gasteiger partial charge in [-0.25, -0.2) is 4.79 Å². The molecule has 2 N–H and O–H groups in total. The van der Waals surface area contributed by atoms with Crippen molar-refractivity contribution < 1.29 is 24.5 Å². The molecule has 1 aliphatic heterocycles. The Hall–Kier alpha value is -1.75. The van der Waals surface area contributed by atoms with Crippen LogP contribution in [-0.2, 0) is 4.79 Å². The number of aliphatic hydroxyl groups is 1. The Bertz CT molecular complexity index is 499. The molecule has 0 aliphatic carbocycles. The predicted molar refractivity (Wildman–Crippen MR) is 73.3 cm³/mol. The number of carboxylic acids is 1. The zero-order valence-electron chi connectivity index (χ0n) is 11.8. The second-order valence-electron chi connectivity index (χ2n) is 5.06. The Kier molecular flexibility index (Phi) is 4.18. The first-order valence-electron chi connectivity index (χ1n) is 6.84. The summed E-state index contributed by atoms with van der Waals surface area (Å²) in [6, 6.07) is 5.31. The molecular weight excluding hydrogens is 260 g/mol. The SMILES string of the molecule is CCC(O)(C(=O)O)C(C)c1ccc2c(c1)OCCCO2. The van der Waals surface area contributed by atoms with Gasteiger partial charge in [0.1, 0.15) is 0 Å². The second kappa shape index (κ2) is 5.71. The largest absolute Gasteiger partial charge is 0.490 e. The first kappa shape index (κ1) is 14.7. The lowest BCUT2D eigenvalue weighted by molar-refractivity contribution is -0.161. The van der Waals surface area contributed by atoms with E-state index < -0.39 is 17.5 Å². The van der Waals surface area contributed by atoms with Gasteiger partial charge in [0.25, 0.3) is 0 Å². The number of hydrogen-bond acceptors (Lipinski definition) is 4. The molecule has 0 bridgehead atoms. The third-order valence-corrected chi connectivity index (χ3v) is 3.90. The average molecular weight is 280 g/mol. The molecule has 2 rings (SSSR count). The molecule has 1 aromatic carbocycles. The second-order valence-corrected chi connectivity index (χ2v) is 5.06. The van der Waals surface area contributed by atoms with E-state index in [1.807, 2.05) is 0 Å². The molecule has 20 heavy (non-hydrogen) atoms. The summed E-state index contributed by atoms with van der Waals surface area (Å²) in [5.41, 5.74) is -1.05. The molecule has 1 aliphatic rings. The van der Waals surface area contributed by atoms with Gasteiger partial charge >= 0.3 is 5.97 Å². The quantitative estimate of drug-likeness (QED) is 0.884. The maximum atomic E-state index is 11.3. The number of aliphatic carboxylic acids is 1. The minimum Gasteiger partial charge on any atom is -0.490 e. The highest BCUT2D eigenvalue weighted by atomic mass is 16.5. The van der Waals surface area contributed by atoms with E-state index >= 15 is 0 Å². The van der Waals surface area contributed by atoms with Crippen molar-refractivity contribution in [2.75, 3.05) is 13.2 Å². The number of carbonyl (C=O) groups is 1. The molecule has 0 saturated heterocycles. The summed E-state index contributed by atoms with van der Waals surface area (Å²) in [7, 11) is 0. The van der Waals surface area contributed by atoms with Gasteiger partial charge in [0.15, 0.2) is 17.1 Å². The van der Waals surface area contributed by atoms with Crippen LogP contribution in [0.2, 0.25) is 0 Å². The maximum Gasteiger partial charge on any atom is 0.336 e. The van der Waals surface area contributed by atoms with Crippen LogP contribution in [0.5, 0.6) is 11.5 Å². The number of rotatable bonds is 4. The lowest BCUT2D eigenvalue weighted by Crippen LogP contribution is -2.42. The number of benzene rings is 1. The molecule has 0 spiro atoms. The van der Waals surface area contributed by atoms with Crippen molar-refractivity contribution in [3.63, 3.8) is 0 Å². The average Bonchev–Trinajstić information content (AvgIpc) is 2.69. The van der Waals surface area contributed by atoms with Crippen LogP contribution in [0.1, 0.15) is 38.2 Å². The van der Waals surface area contributed by atoms with E-state index in [0.29, 0.717) is 24.7 Å². The smallest absolute Gasteiger partial charge is 0.336 e. The Balaban J connectivity index is 2.33. The maximum absolute atomic E-state index is 11.3. The van der Waals surface area contributed by atoms with Crippen LogP contribution in [0.15, 0.2) is 18.2 Å². The third-order valence-electron chi connectivity index (χ3n) is 3.90. The highest BCUT2D eigenvalue weighted by molar-refractivity contribution is 5.78. The van der Waals surface area contributed by atoms with Crippen molar-refractivity contribution in [2.24, 2.45) is 0 Å². The summed E-state index contributed by atoms with van der Waals surface area (Å²) in [4.78, 5) is 11.3. The molecule has 0 saturated carbocycles. The van der Waals surface area contributed by atoms with Crippen molar-refractivity contribution in [3.8, 4) is 11.5 Å². The Labute approximate surface area is 118 Å². The molecule has 1 aromatic rings. The van der Waals surface area contributed by atoms with E-state index in [1.165, 1.54) is 0 Å². The lowest BCUT2D eigenvalue weighted by atomic mass is 9.81. The Morgan fingerprint density at radius 2 is 2.00 bits per heavy atom. The fraction of sp³-hybridized carbons (Fsp3) is 0.533. The van der Waals surface area contributed by atoms with Gasteiger partial charge in [-0.1, -0.05) is 19.9 Å². The molecule has 0 fully saturated rings. The number of carboxylic acid groups (broad SMARTS) is 1. The van der Waals surface area contributed by atoms with Crippen LogP contribution in [0.4, 0.5) is 0 Å². The molecule has 0 aromatic heterocycles. The van der Waals surface area contributed by atoms with Crippen molar-refractivity contribution in [1.82, 2.24) is 0 Å². The number of ether oxygens (including phenoxy) is 2. The normalized spacial score (nSPS) is 18.8. The van der Waals surface area contributed by atoms with Gasteiger partial charge in [0, 0.05) is 12.3 Å². The van der Waals surface area contributed by atoms with Gasteiger partial charge in [-0.3, -0.25) is 0 Å². The van der Waals surface area contributed by atoms with Gasteiger partial charge < -0.3 is 19.7 Å². The summed E-state index contributed by atoms with van der Waals surface area (Å²) in [6.07, 6.45) is 0.950. The first-order valence-corrected chi connectivity index (χ1v) is 6.84. The summed E-state index contributed by atoms with van der Waals surface area (Å²) in [5.74, 6) is -0.480. The minimum absolute atomic E-state index is 0.137. The van der Waals surface area contributed by atoms with E-state index in [2.05, 4.69) is 0 Å². The predicted octanol–water partition coefficient (Wildman–Crippen LogP) is 2.18. The van der Waals surface area contributed by atoms with E-state index in [0.717, 1.165) is 12.0 Å². The van der Waals surface area contributed by atoms with Crippen LogP contribution < -0.4 is 9.47 Å². The van der Waals surface area contributed by atoms with E-state index in [1.54, 1.807) is 32.0 Å². The van der Waals surface area contributed by atoms with Gasteiger partial charge in [-0.05, 0) is 24.1 Å². The van der Waals surface area contributed by atoms with Crippen molar-refractivity contribution in [1.29, 1.82) is 0 Å². The van der Waals surface area contributed by atoms with Crippen LogP contribution >= 0.6 is 0 Å². The van der Waals surface area contributed by atoms with E-state index in [4.69, 9.17) is 9.47 Å². The Morgan fingerprint density at radius 3 is 2.60 bits per heavy atom. The molecule has 110 valence electrons. The van der Waals surface area contributed by atoms with Gasteiger partial charge in [-0.2, -0.15) is 0 Å². The van der Waals surface area contributed by atoms with Crippen LogP contribution in [0.3, 0.4) is 0 Å². The minimum atomic E-state index is -1.78. The van der Waals surface area contributed by atoms with E-state index in [-0.39, 0.29) is 6.42 Å². The molecule has 5 nitrogen and oxygen atoms in total. The first-order chi connectivity index (χ1) is 9.49. The molecule has 1 heterocycles. The number of hydrogen-bond donors (Lipinski definition) is 2. The van der Waals surface area contributed by atoms with E-state index in [9.17, 15) is 15.0 Å². The molecule has 0 amide bonds. The fourth-order valence-corrected chi connectivity index (χ4v) is 2.37. The van der Waals surface area contributed by atoms with Crippen molar-refractivity contribution >= 4 is 5.97 Å². The van der Waals surface area contributed by atoms with Crippen LogP contribution in [0.25, 0.3) is 0 Å². The summed E-state index contributed by atoms with van der Waals surface area (Å²) >= 11 is 0. The molecule has 5 heteroatoms. The highest BCUT2D eigenvalue weighted by Gasteiger charge is 2.41. The molecular formula is C15H20O5. The summed E-state index contributed by atoms with van der Waals surface area (Å²) in [5, 5.41) is 19.5. The van der Waals surface area contributed by atoms with Gasteiger partial charge in [0.05, 0.1) is 13.2 Å². The molecule has 0 radical (unpaired) electrons. The van der Waals surface area contributed by atoms with Gasteiger partial charge in [-0.15, -0.1) is 0 Å². The lowest BCUT2D eigenvalue weighted by Gasteiger charge is -2.29. The summed E-state index contributed by atoms with van der Waals surface area (Å²) in [6.45, 7) is 4.54. The van der Waals surface area contributed by atoms with Crippen LogP contribution in [0, 0.1) is 0 Å². The summed E-state index contributed by atoms with van der Waals surface area (Å²) < 4.78 is 11.1. The Morgan fingerprint density at radius 1 is 1.35 bits per heavy atom. The highest BCUT2D eigenvalue weighted by Crippen LogP contribution is 2.37. The van der Waals surface area contributed by atoms with Crippen molar-refractivity contribution in [2.45, 2.75) is 38.2 Å². The monoisotopic (exact) mass is 280 g/mol. The fourth-order valence-electron chi connectivity index (χ4n) is 2.37. The zero-order chi connectivity index (χ0) is 14.8. The number of fused-ring (bicyclic) bond motifs is 1. The standard InChI is InChI=1S/C15H20O5/c1-3-15(18,14(16)17)10(2)11-5-6-12-13(9-11)20-8-4-7-19-12/h5-6,9-10,18H,3-4,7-8H2,1-2H3,(H,16,17). The van der Waals surface area contributed by atoms with Crippen molar-refractivity contribution in [3.05, 3.63) is 23.8 Å². The topological polar surface area (TPSA) is 76.0 Å². The third kappa shape index (κ3) is 2.58. The zero-order valence-corrected chi connectivity index (χ0v) is 11.8. The molecule has 2 atom stereocenters.